The molecule has 3 aromatic rings. The SMILES string of the molecule is CCC(NC(C)c1nnc2ccccn12)c1ccccc1. The summed E-state index contributed by atoms with van der Waals surface area (Å²) in [6.45, 7) is 4.33. The van der Waals surface area contributed by atoms with E-state index in [0.717, 1.165) is 17.9 Å². The van der Waals surface area contributed by atoms with Crippen LogP contribution in [-0.4, -0.2) is 14.6 Å². The molecule has 1 N–H and O–H groups in total. The van der Waals surface area contributed by atoms with Gasteiger partial charge < -0.3 is 5.32 Å². The summed E-state index contributed by atoms with van der Waals surface area (Å²) in [6.07, 6.45) is 3.04. The van der Waals surface area contributed by atoms with E-state index < -0.39 is 0 Å². The lowest BCUT2D eigenvalue weighted by molar-refractivity contribution is 0.440. The lowest BCUT2D eigenvalue weighted by atomic mass is 10.0. The number of fused-ring (bicyclic) bond motifs is 1. The Morgan fingerprint density at radius 2 is 1.81 bits per heavy atom. The molecule has 4 heteroatoms. The molecular formula is C17H20N4. The van der Waals surface area contributed by atoms with Gasteiger partial charge >= 0.3 is 0 Å². The summed E-state index contributed by atoms with van der Waals surface area (Å²) < 4.78 is 2.04. The Kier molecular flexibility index (Phi) is 3.97. The molecule has 0 saturated carbocycles. The maximum absolute atomic E-state index is 4.33. The van der Waals surface area contributed by atoms with E-state index >= 15 is 0 Å². The van der Waals surface area contributed by atoms with Crippen LogP contribution >= 0.6 is 0 Å². The zero-order valence-corrected chi connectivity index (χ0v) is 12.4. The van der Waals surface area contributed by atoms with Gasteiger partial charge in [-0.15, -0.1) is 10.2 Å². The molecule has 0 aliphatic rings. The standard InChI is InChI=1S/C17H20N4/c1-3-15(14-9-5-4-6-10-14)18-13(2)17-20-19-16-11-7-8-12-21(16)17/h4-13,15,18H,3H2,1-2H3. The zero-order valence-electron chi connectivity index (χ0n) is 12.4. The normalized spacial score (nSPS) is 14.2. The van der Waals surface area contributed by atoms with Crippen LogP contribution < -0.4 is 5.32 Å². The molecule has 1 aromatic carbocycles. The van der Waals surface area contributed by atoms with Crippen LogP contribution in [0.1, 0.15) is 43.7 Å². The minimum absolute atomic E-state index is 0.132. The van der Waals surface area contributed by atoms with Gasteiger partial charge in [0.2, 0.25) is 0 Å². The molecule has 0 amide bonds. The van der Waals surface area contributed by atoms with Crippen molar-refractivity contribution in [1.82, 2.24) is 19.9 Å². The van der Waals surface area contributed by atoms with E-state index in [1.807, 2.05) is 34.9 Å². The first-order valence-electron chi connectivity index (χ1n) is 7.40. The van der Waals surface area contributed by atoms with Crippen LogP contribution in [0.3, 0.4) is 0 Å². The van der Waals surface area contributed by atoms with Crippen LogP contribution in [0.4, 0.5) is 0 Å². The third-order valence-electron chi connectivity index (χ3n) is 3.79. The molecule has 0 spiro atoms. The Bertz CT molecular complexity index is 705. The molecular weight excluding hydrogens is 260 g/mol. The van der Waals surface area contributed by atoms with Crippen LogP contribution in [0.2, 0.25) is 0 Å². The first kappa shape index (κ1) is 13.8. The molecule has 21 heavy (non-hydrogen) atoms. The van der Waals surface area contributed by atoms with Gasteiger partial charge in [0.25, 0.3) is 0 Å². The number of hydrogen-bond acceptors (Lipinski definition) is 3. The monoisotopic (exact) mass is 280 g/mol. The van der Waals surface area contributed by atoms with Gasteiger partial charge in [0.15, 0.2) is 11.5 Å². The number of nitrogens with zero attached hydrogens (tertiary/aromatic N) is 3. The highest BCUT2D eigenvalue weighted by molar-refractivity contribution is 5.37. The van der Waals surface area contributed by atoms with Crippen LogP contribution in [0, 0.1) is 0 Å². The van der Waals surface area contributed by atoms with Gasteiger partial charge in [0.05, 0.1) is 6.04 Å². The zero-order chi connectivity index (χ0) is 14.7. The molecule has 4 nitrogen and oxygen atoms in total. The average molecular weight is 280 g/mol. The molecule has 2 heterocycles. The fraction of sp³-hybridized carbons (Fsp3) is 0.294. The second-order valence-corrected chi connectivity index (χ2v) is 5.25. The van der Waals surface area contributed by atoms with Crippen LogP contribution in [0.15, 0.2) is 54.7 Å². The summed E-state index contributed by atoms with van der Waals surface area (Å²) >= 11 is 0. The highest BCUT2D eigenvalue weighted by atomic mass is 15.3. The van der Waals surface area contributed by atoms with Gasteiger partial charge in [0, 0.05) is 12.2 Å². The fourth-order valence-electron chi connectivity index (χ4n) is 2.67. The van der Waals surface area contributed by atoms with Crippen molar-refractivity contribution in [2.75, 3.05) is 0 Å². The van der Waals surface area contributed by atoms with Crippen molar-refractivity contribution in [1.29, 1.82) is 0 Å². The lowest BCUT2D eigenvalue weighted by Crippen LogP contribution is -2.25. The third-order valence-corrected chi connectivity index (χ3v) is 3.79. The topological polar surface area (TPSA) is 42.2 Å². The number of hydrogen-bond donors (Lipinski definition) is 1. The van der Waals surface area contributed by atoms with Crippen molar-refractivity contribution >= 4 is 5.65 Å². The molecule has 0 aliphatic heterocycles. The van der Waals surface area contributed by atoms with E-state index in [-0.39, 0.29) is 6.04 Å². The first-order chi connectivity index (χ1) is 10.3. The summed E-state index contributed by atoms with van der Waals surface area (Å²) in [5.41, 5.74) is 2.19. The fourth-order valence-corrected chi connectivity index (χ4v) is 2.67. The molecule has 0 saturated heterocycles. The van der Waals surface area contributed by atoms with E-state index in [4.69, 9.17) is 0 Å². The van der Waals surface area contributed by atoms with Gasteiger partial charge in [-0.05, 0) is 31.0 Å². The third kappa shape index (κ3) is 2.81. The lowest BCUT2D eigenvalue weighted by Gasteiger charge is -2.21. The summed E-state index contributed by atoms with van der Waals surface area (Å²) in [6, 6.07) is 16.9. The quantitative estimate of drug-likeness (QED) is 0.777. The number of rotatable bonds is 5. The first-order valence-corrected chi connectivity index (χ1v) is 7.40. The smallest absolute Gasteiger partial charge is 0.160 e. The Hall–Kier alpha value is -2.20. The van der Waals surface area contributed by atoms with E-state index in [0.29, 0.717) is 6.04 Å². The Morgan fingerprint density at radius 1 is 1.05 bits per heavy atom. The predicted molar refractivity (Wildman–Crippen MR) is 84.0 cm³/mol. The predicted octanol–water partition coefficient (Wildman–Crippen LogP) is 3.53. The van der Waals surface area contributed by atoms with Crippen LogP contribution in [0.5, 0.6) is 0 Å². The maximum Gasteiger partial charge on any atom is 0.160 e. The van der Waals surface area contributed by atoms with Gasteiger partial charge in [0.1, 0.15) is 0 Å². The van der Waals surface area contributed by atoms with Crippen molar-refractivity contribution < 1.29 is 0 Å². The maximum atomic E-state index is 4.33. The summed E-state index contributed by atoms with van der Waals surface area (Å²) in [7, 11) is 0. The second-order valence-electron chi connectivity index (χ2n) is 5.25. The van der Waals surface area contributed by atoms with Crippen LogP contribution in [0.25, 0.3) is 5.65 Å². The van der Waals surface area contributed by atoms with E-state index in [2.05, 4.69) is 53.6 Å². The van der Waals surface area contributed by atoms with E-state index in [1.54, 1.807) is 0 Å². The Balaban J connectivity index is 1.83. The highest BCUT2D eigenvalue weighted by Crippen LogP contribution is 2.21. The molecule has 108 valence electrons. The Labute approximate surface area is 124 Å². The molecule has 2 atom stereocenters. The number of pyridine rings is 1. The summed E-state index contributed by atoms with van der Waals surface area (Å²) in [4.78, 5) is 0. The van der Waals surface area contributed by atoms with E-state index in [9.17, 15) is 0 Å². The average Bonchev–Trinajstić information content (AvgIpc) is 2.97. The minimum Gasteiger partial charge on any atom is -0.301 e. The molecule has 0 fully saturated rings. The number of benzene rings is 1. The molecule has 0 radical (unpaired) electrons. The van der Waals surface area contributed by atoms with E-state index in [1.165, 1.54) is 5.56 Å². The summed E-state index contributed by atoms with van der Waals surface area (Å²) in [5.74, 6) is 0.944. The second kappa shape index (κ2) is 6.06. The Morgan fingerprint density at radius 3 is 2.57 bits per heavy atom. The molecule has 2 aromatic heterocycles. The van der Waals surface area contributed by atoms with Crippen molar-refractivity contribution in [3.63, 3.8) is 0 Å². The van der Waals surface area contributed by atoms with Gasteiger partial charge in [-0.1, -0.05) is 43.3 Å². The van der Waals surface area contributed by atoms with Gasteiger partial charge in [-0.25, -0.2) is 0 Å². The summed E-state index contributed by atoms with van der Waals surface area (Å²) in [5, 5.41) is 12.2. The number of nitrogens with one attached hydrogen (secondary N) is 1. The van der Waals surface area contributed by atoms with Crippen molar-refractivity contribution in [3.05, 3.63) is 66.1 Å². The molecule has 2 unspecified atom stereocenters. The van der Waals surface area contributed by atoms with Crippen molar-refractivity contribution in [3.8, 4) is 0 Å². The van der Waals surface area contributed by atoms with Gasteiger partial charge in [-0.2, -0.15) is 0 Å². The highest BCUT2D eigenvalue weighted by Gasteiger charge is 2.17. The van der Waals surface area contributed by atoms with Gasteiger partial charge in [-0.3, -0.25) is 4.40 Å². The molecule has 3 rings (SSSR count). The largest absolute Gasteiger partial charge is 0.301 e. The number of aromatic nitrogens is 3. The van der Waals surface area contributed by atoms with Crippen LogP contribution in [-0.2, 0) is 0 Å². The van der Waals surface area contributed by atoms with Crippen molar-refractivity contribution in [2.24, 2.45) is 0 Å². The molecule has 0 bridgehead atoms. The molecule has 0 aliphatic carbocycles. The van der Waals surface area contributed by atoms with Crippen molar-refractivity contribution in [2.45, 2.75) is 32.4 Å². The minimum atomic E-state index is 0.132.